The molecule has 1 aliphatic rings. The molecule has 0 radical (unpaired) electrons. The Hall–Kier alpha value is -0.750. The number of halogens is 4. The van der Waals surface area contributed by atoms with Gasteiger partial charge in [-0.25, -0.2) is 0 Å². The average molecular weight is 351 g/mol. The van der Waals surface area contributed by atoms with Gasteiger partial charge in [0.1, 0.15) is 0 Å². The van der Waals surface area contributed by atoms with Crippen molar-refractivity contribution >= 4 is 21.6 Å². The molecular weight excluding hydrogens is 333 g/mol. The molecule has 0 saturated carbocycles. The minimum absolute atomic E-state index is 0.469. The van der Waals surface area contributed by atoms with Crippen LogP contribution in [0.4, 0.5) is 18.9 Å². The van der Waals surface area contributed by atoms with Crippen LogP contribution in [0.25, 0.3) is 0 Å². The highest BCUT2D eigenvalue weighted by molar-refractivity contribution is 9.10. The Morgan fingerprint density at radius 3 is 2.45 bits per heavy atom. The summed E-state index contributed by atoms with van der Waals surface area (Å²) in [6.07, 6.45) is -2.38. The molecule has 2 rings (SSSR count). The van der Waals surface area contributed by atoms with Gasteiger partial charge in [-0.15, -0.1) is 0 Å². The number of benzene rings is 1. The van der Waals surface area contributed by atoms with Crippen molar-refractivity contribution in [2.24, 2.45) is 0 Å². The summed E-state index contributed by atoms with van der Waals surface area (Å²) >= 11 is 3.17. The van der Waals surface area contributed by atoms with E-state index in [1.54, 1.807) is 6.07 Å². The molecule has 0 spiro atoms. The molecular formula is C14H18BrF3N2. The van der Waals surface area contributed by atoms with Crippen molar-refractivity contribution in [2.75, 3.05) is 24.5 Å². The maximum atomic E-state index is 12.8. The first-order valence-electron chi connectivity index (χ1n) is 6.76. The van der Waals surface area contributed by atoms with Gasteiger partial charge >= 0.3 is 6.18 Å². The largest absolute Gasteiger partial charge is 0.416 e. The molecule has 1 aliphatic heterocycles. The van der Waals surface area contributed by atoms with Crippen LogP contribution in [0.3, 0.4) is 0 Å². The molecule has 2 nitrogen and oxygen atoms in total. The maximum absolute atomic E-state index is 12.8. The van der Waals surface area contributed by atoms with Crippen molar-refractivity contribution in [3.63, 3.8) is 0 Å². The maximum Gasteiger partial charge on any atom is 0.416 e. The highest BCUT2D eigenvalue weighted by Gasteiger charge is 2.31. The van der Waals surface area contributed by atoms with Crippen molar-refractivity contribution in [3.8, 4) is 0 Å². The second-order valence-electron chi connectivity index (χ2n) is 5.01. The summed E-state index contributed by atoms with van der Waals surface area (Å²) < 4.78 is 39.0. The van der Waals surface area contributed by atoms with Crippen LogP contribution >= 0.6 is 15.9 Å². The zero-order chi connectivity index (χ0) is 14.8. The molecule has 1 saturated heterocycles. The quantitative estimate of drug-likeness (QED) is 0.884. The summed E-state index contributed by atoms with van der Waals surface area (Å²) in [7, 11) is 0. The van der Waals surface area contributed by atoms with Gasteiger partial charge in [0.25, 0.3) is 0 Å². The van der Waals surface area contributed by atoms with Crippen LogP contribution in [0.5, 0.6) is 0 Å². The van der Waals surface area contributed by atoms with Crippen molar-refractivity contribution in [3.05, 3.63) is 28.2 Å². The number of rotatable bonds is 3. The van der Waals surface area contributed by atoms with E-state index in [2.05, 4.69) is 28.2 Å². The minimum atomic E-state index is -4.30. The first-order valence-corrected chi connectivity index (χ1v) is 7.55. The fourth-order valence-electron chi connectivity index (χ4n) is 2.55. The van der Waals surface area contributed by atoms with Gasteiger partial charge in [-0.05, 0) is 37.6 Å². The number of anilines is 1. The third kappa shape index (κ3) is 3.88. The van der Waals surface area contributed by atoms with Crippen LogP contribution in [0.2, 0.25) is 0 Å². The van der Waals surface area contributed by atoms with Crippen LogP contribution in [0.1, 0.15) is 25.3 Å². The fourth-order valence-corrected chi connectivity index (χ4v) is 3.03. The molecule has 112 valence electrons. The highest BCUT2D eigenvalue weighted by Crippen LogP contribution is 2.35. The molecule has 1 heterocycles. The van der Waals surface area contributed by atoms with Crippen LogP contribution in [0.15, 0.2) is 22.7 Å². The number of nitrogens with one attached hydrogen (secondary N) is 1. The molecule has 0 amide bonds. The zero-order valence-electron chi connectivity index (χ0n) is 11.3. The molecule has 1 N–H and O–H groups in total. The molecule has 1 aromatic carbocycles. The van der Waals surface area contributed by atoms with E-state index in [9.17, 15) is 13.2 Å². The van der Waals surface area contributed by atoms with E-state index in [1.807, 2.05) is 4.90 Å². The standard InChI is InChI=1S/C14H18BrF3N2/c1-2-19-12-3-5-20(6-4-12)13-8-10(14(16,17)18)7-11(15)9-13/h7-9,12,19H,2-6H2,1H3. The molecule has 0 aromatic heterocycles. The molecule has 0 bridgehead atoms. The van der Waals surface area contributed by atoms with Gasteiger partial charge in [-0.2, -0.15) is 13.2 Å². The Morgan fingerprint density at radius 1 is 1.25 bits per heavy atom. The Kier molecular flexibility index (Phi) is 4.96. The molecule has 0 unspecified atom stereocenters. The monoisotopic (exact) mass is 350 g/mol. The van der Waals surface area contributed by atoms with Crippen molar-refractivity contribution < 1.29 is 13.2 Å². The second-order valence-corrected chi connectivity index (χ2v) is 5.93. The van der Waals surface area contributed by atoms with Crippen LogP contribution in [-0.2, 0) is 6.18 Å². The summed E-state index contributed by atoms with van der Waals surface area (Å²) in [5, 5.41) is 3.39. The first kappa shape index (κ1) is 15.6. The number of nitrogens with zero attached hydrogens (tertiary/aromatic N) is 1. The lowest BCUT2D eigenvalue weighted by Gasteiger charge is -2.34. The predicted molar refractivity (Wildman–Crippen MR) is 78.1 cm³/mol. The smallest absolute Gasteiger partial charge is 0.371 e. The van der Waals surface area contributed by atoms with Crippen LogP contribution in [0, 0.1) is 0 Å². The zero-order valence-corrected chi connectivity index (χ0v) is 12.9. The number of hydrogen-bond acceptors (Lipinski definition) is 2. The Morgan fingerprint density at radius 2 is 1.90 bits per heavy atom. The van der Waals surface area contributed by atoms with Gasteiger partial charge in [-0.3, -0.25) is 0 Å². The van der Waals surface area contributed by atoms with E-state index in [0.29, 0.717) is 16.2 Å². The van der Waals surface area contributed by atoms with E-state index >= 15 is 0 Å². The van der Waals surface area contributed by atoms with Gasteiger partial charge < -0.3 is 10.2 Å². The lowest BCUT2D eigenvalue weighted by Crippen LogP contribution is -2.42. The third-order valence-electron chi connectivity index (χ3n) is 3.56. The van der Waals surface area contributed by atoms with Crippen molar-refractivity contribution in [2.45, 2.75) is 32.0 Å². The van der Waals surface area contributed by atoms with Crippen LogP contribution in [-0.4, -0.2) is 25.7 Å². The summed E-state index contributed by atoms with van der Waals surface area (Å²) in [6, 6.07) is 4.58. The topological polar surface area (TPSA) is 15.3 Å². The van der Waals surface area contributed by atoms with Gasteiger partial charge in [-0.1, -0.05) is 22.9 Å². The van der Waals surface area contributed by atoms with Gasteiger partial charge in [0.15, 0.2) is 0 Å². The van der Waals surface area contributed by atoms with E-state index in [4.69, 9.17) is 0 Å². The summed E-state index contributed by atoms with van der Waals surface area (Å²) in [6.45, 7) is 4.56. The highest BCUT2D eigenvalue weighted by atomic mass is 79.9. The Bertz CT molecular complexity index is 454. The first-order chi connectivity index (χ1) is 9.40. The van der Waals surface area contributed by atoms with Crippen LogP contribution < -0.4 is 10.2 Å². The molecule has 20 heavy (non-hydrogen) atoms. The van der Waals surface area contributed by atoms with Gasteiger partial charge in [0.2, 0.25) is 0 Å². The molecule has 1 aromatic rings. The van der Waals surface area contributed by atoms with Gasteiger partial charge in [0.05, 0.1) is 5.56 Å². The van der Waals surface area contributed by atoms with Gasteiger partial charge in [0, 0.05) is 29.3 Å². The normalized spacial score (nSPS) is 17.6. The summed E-state index contributed by atoms with van der Waals surface area (Å²) in [4.78, 5) is 2.02. The SMILES string of the molecule is CCNC1CCN(c2cc(Br)cc(C(F)(F)F)c2)CC1. The molecule has 1 fully saturated rings. The summed E-state index contributed by atoms with van der Waals surface area (Å²) in [5.41, 5.74) is 0.0392. The lowest BCUT2D eigenvalue weighted by molar-refractivity contribution is -0.137. The minimum Gasteiger partial charge on any atom is -0.371 e. The Balaban J connectivity index is 2.12. The fraction of sp³-hybridized carbons (Fsp3) is 0.571. The summed E-state index contributed by atoms with van der Waals surface area (Å²) in [5.74, 6) is 0. The van der Waals surface area contributed by atoms with E-state index in [0.717, 1.165) is 38.5 Å². The van der Waals surface area contributed by atoms with E-state index in [-0.39, 0.29) is 0 Å². The van der Waals surface area contributed by atoms with Crippen molar-refractivity contribution in [1.82, 2.24) is 5.32 Å². The number of piperidine rings is 1. The second kappa shape index (κ2) is 6.35. The predicted octanol–water partition coefficient (Wildman–Crippen LogP) is 4.05. The molecule has 0 atom stereocenters. The van der Waals surface area contributed by atoms with E-state index < -0.39 is 11.7 Å². The Labute approximate surface area is 125 Å². The molecule has 6 heteroatoms. The van der Waals surface area contributed by atoms with Crippen molar-refractivity contribution in [1.29, 1.82) is 0 Å². The molecule has 0 aliphatic carbocycles. The average Bonchev–Trinajstić information content (AvgIpc) is 2.38. The number of alkyl halides is 3. The lowest BCUT2D eigenvalue weighted by atomic mass is 10.0. The number of hydrogen-bond donors (Lipinski definition) is 1. The third-order valence-corrected chi connectivity index (χ3v) is 4.02. The van der Waals surface area contributed by atoms with E-state index in [1.165, 1.54) is 6.07 Å².